The average Bonchev–Trinajstić information content (AvgIpc) is 2.60. The fourth-order valence-corrected chi connectivity index (χ4v) is 2.41. The molecule has 4 nitrogen and oxygen atoms in total. The number of hydrogen-bond donors (Lipinski definition) is 1. The van der Waals surface area contributed by atoms with Crippen molar-refractivity contribution >= 4 is 51.2 Å². The van der Waals surface area contributed by atoms with Crippen molar-refractivity contribution in [1.82, 2.24) is 0 Å². The zero-order valence-corrected chi connectivity index (χ0v) is 15.9. The summed E-state index contributed by atoms with van der Waals surface area (Å²) in [6.45, 7) is -0.733. The van der Waals surface area contributed by atoms with Crippen molar-refractivity contribution in [2.45, 2.75) is 6.18 Å². The van der Waals surface area contributed by atoms with Gasteiger partial charge >= 0.3 is 12.1 Å². The number of rotatable bonds is 5. The molecule has 0 saturated carbocycles. The molecule has 0 fully saturated rings. The minimum Gasteiger partial charge on any atom is -0.452 e. The molecule has 0 radical (unpaired) electrons. The highest BCUT2D eigenvalue weighted by Gasteiger charge is 2.34. The van der Waals surface area contributed by atoms with Gasteiger partial charge in [0.05, 0.1) is 11.3 Å². The number of benzene rings is 2. The Morgan fingerprint density at radius 2 is 1.81 bits per heavy atom. The molecular formula is C18H12BrClF3NO3. The number of anilines is 1. The predicted molar refractivity (Wildman–Crippen MR) is 99.2 cm³/mol. The quantitative estimate of drug-likeness (QED) is 0.484. The van der Waals surface area contributed by atoms with Crippen LogP contribution in [-0.4, -0.2) is 18.5 Å². The molecule has 1 N–H and O–H groups in total. The lowest BCUT2D eigenvalue weighted by atomic mass is 10.1. The first kappa shape index (κ1) is 21.0. The van der Waals surface area contributed by atoms with E-state index in [1.165, 1.54) is 12.1 Å². The van der Waals surface area contributed by atoms with Crippen LogP contribution in [0.25, 0.3) is 6.08 Å². The van der Waals surface area contributed by atoms with E-state index in [2.05, 4.69) is 21.2 Å². The normalized spacial score (nSPS) is 11.4. The number of alkyl halides is 3. The first-order valence-corrected chi connectivity index (χ1v) is 8.59. The maximum absolute atomic E-state index is 13.0. The van der Waals surface area contributed by atoms with E-state index in [1.54, 1.807) is 24.3 Å². The minimum atomic E-state index is -4.70. The number of nitrogens with one attached hydrogen (secondary N) is 1. The van der Waals surface area contributed by atoms with Crippen LogP contribution in [0.4, 0.5) is 18.9 Å². The second-order valence-electron chi connectivity index (χ2n) is 5.23. The molecule has 1 amide bonds. The van der Waals surface area contributed by atoms with Crippen LogP contribution in [0.1, 0.15) is 11.1 Å². The number of carbonyl (C=O) groups is 2. The van der Waals surface area contributed by atoms with Crippen molar-refractivity contribution in [3.05, 3.63) is 69.2 Å². The Morgan fingerprint density at radius 3 is 2.44 bits per heavy atom. The zero-order chi connectivity index (χ0) is 20.0. The molecule has 142 valence electrons. The van der Waals surface area contributed by atoms with Gasteiger partial charge in [0, 0.05) is 15.6 Å². The molecule has 0 aromatic heterocycles. The summed E-state index contributed by atoms with van der Waals surface area (Å²) in [6, 6.07) is 9.99. The van der Waals surface area contributed by atoms with Gasteiger partial charge in [-0.3, -0.25) is 4.79 Å². The van der Waals surface area contributed by atoms with Crippen molar-refractivity contribution in [3.63, 3.8) is 0 Å². The molecular weight excluding hydrogens is 451 g/mol. The number of ether oxygens (including phenoxy) is 1. The lowest BCUT2D eigenvalue weighted by Gasteiger charge is -2.14. The van der Waals surface area contributed by atoms with Crippen LogP contribution in [0.5, 0.6) is 0 Å². The van der Waals surface area contributed by atoms with Crippen molar-refractivity contribution in [2.24, 2.45) is 0 Å². The van der Waals surface area contributed by atoms with E-state index < -0.39 is 35.9 Å². The summed E-state index contributed by atoms with van der Waals surface area (Å²) in [5.41, 5.74) is -0.834. The third-order valence-electron chi connectivity index (χ3n) is 3.19. The fourth-order valence-electron chi connectivity index (χ4n) is 1.97. The molecule has 0 aliphatic carbocycles. The number of halogens is 5. The van der Waals surface area contributed by atoms with Crippen molar-refractivity contribution in [2.75, 3.05) is 11.9 Å². The predicted octanol–water partition coefficient (Wildman–Crippen LogP) is 5.32. The molecule has 2 aromatic carbocycles. The molecule has 0 saturated heterocycles. The monoisotopic (exact) mass is 461 g/mol. The first-order chi connectivity index (χ1) is 12.6. The van der Waals surface area contributed by atoms with Gasteiger partial charge in [0.1, 0.15) is 0 Å². The largest absolute Gasteiger partial charge is 0.452 e. The summed E-state index contributed by atoms with van der Waals surface area (Å²) in [7, 11) is 0. The van der Waals surface area contributed by atoms with Gasteiger partial charge in [0.25, 0.3) is 5.91 Å². The summed E-state index contributed by atoms with van der Waals surface area (Å²) in [4.78, 5) is 23.4. The lowest BCUT2D eigenvalue weighted by Crippen LogP contribution is -2.22. The summed E-state index contributed by atoms with van der Waals surface area (Å²) in [5.74, 6) is -1.71. The van der Waals surface area contributed by atoms with Gasteiger partial charge in [0.15, 0.2) is 6.61 Å². The van der Waals surface area contributed by atoms with Crippen LogP contribution in [0.15, 0.2) is 53.0 Å². The molecule has 0 heterocycles. The maximum atomic E-state index is 13.0. The highest BCUT2D eigenvalue weighted by molar-refractivity contribution is 9.10. The highest BCUT2D eigenvalue weighted by Crippen LogP contribution is 2.36. The van der Waals surface area contributed by atoms with E-state index in [0.29, 0.717) is 6.07 Å². The van der Waals surface area contributed by atoms with Gasteiger partial charge in [-0.15, -0.1) is 0 Å². The van der Waals surface area contributed by atoms with Crippen molar-refractivity contribution < 1.29 is 27.5 Å². The van der Waals surface area contributed by atoms with E-state index >= 15 is 0 Å². The van der Waals surface area contributed by atoms with E-state index in [-0.39, 0.29) is 5.02 Å². The van der Waals surface area contributed by atoms with Crippen LogP contribution in [0.3, 0.4) is 0 Å². The second-order valence-corrected chi connectivity index (χ2v) is 6.58. The Hall–Kier alpha value is -2.32. The van der Waals surface area contributed by atoms with Crippen molar-refractivity contribution in [3.8, 4) is 0 Å². The number of hydrogen-bond acceptors (Lipinski definition) is 3. The van der Waals surface area contributed by atoms with Gasteiger partial charge < -0.3 is 10.1 Å². The first-order valence-electron chi connectivity index (χ1n) is 7.42. The molecule has 0 unspecified atom stereocenters. The molecule has 0 bridgehead atoms. The number of esters is 1. The number of carbonyl (C=O) groups excluding carboxylic acids is 2. The Bertz CT molecular complexity index is 867. The Labute approximate surface area is 166 Å². The van der Waals surface area contributed by atoms with Gasteiger partial charge in [-0.05, 0) is 42.0 Å². The topological polar surface area (TPSA) is 55.4 Å². The maximum Gasteiger partial charge on any atom is 0.418 e. The van der Waals surface area contributed by atoms with Crippen LogP contribution < -0.4 is 5.32 Å². The van der Waals surface area contributed by atoms with E-state index in [4.69, 9.17) is 16.3 Å². The second kappa shape index (κ2) is 9.05. The van der Waals surface area contributed by atoms with E-state index in [1.807, 2.05) is 0 Å². The molecule has 0 aliphatic heterocycles. The molecule has 27 heavy (non-hydrogen) atoms. The van der Waals surface area contributed by atoms with Gasteiger partial charge in [-0.1, -0.05) is 39.7 Å². The lowest BCUT2D eigenvalue weighted by molar-refractivity contribution is -0.142. The third-order valence-corrected chi connectivity index (χ3v) is 3.95. The third kappa shape index (κ3) is 6.73. The molecule has 9 heteroatoms. The molecule has 0 atom stereocenters. The van der Waals surface area contributed by atoms with Gasteiger partial charge in [-0.2, -0.15) is 13.2 Å². The summed E-state index contributed by atoms with van der Waals surface area (Å²) >= 11 is 8.84. The van der Waals surface area contributed by atoms with Gasteiger partial charge in [0.2, 0.25) is 0 Å². The Morgan fingerprint density at radius 1 is 1.15 bits per heavy atom. The zero-order valence-electron chi connectivity index (χ0n) is 13.5. The summed E-state index contributed by atoms with van der Waals surface area (Å²) in [5, 5.41) is 1.94. The van der Waals surface area contributed by atoms with E-state index in [0.717, 1.165) is 22.2 Å². The molecule has 0 spiro atoms. The summed E-state index contributed by atoms with van der Waals surface area (Å²) in [6.07, 6.45) is -2.11. The van der Waals surface area contributed by atoms with Gasteiger partial charge in [-0.25, -0.2) is 4.79 Å². The van der Waals surface area contributed by atoms with Crippen LogP contribution >= 0.6 is 27.5 Å². The molecule has 2 aromatic rings. The van der Waals surface area contributed by atoms with E-state index in [9.17, 15) is 22.8 Å². The van der Waals surface area contributed by atoms with Crippen molar-refractivity contribution in [1.29, 1.82) is 0 Å². The van der Waals surface area contributed by atoms with Crippen LogP contribution in [0.2, 0.25) is 5.02 Å². The molecule has 0 aliphatic rings. The number of amides is 1. The average molecular weight is 463 g/mol. The van der Waals surface area contributed by atoms with Crippen LogP contribution in [0, 0.1) is 0 Å². The van der Waals surface area contributed by atoms with Crippen LogP contribution in [-0.2, 0) is 20.5 Å². The smallest absolute Gasteiger partial charge is 0.418 e. The molecule has 2 rings (SSSR count). The summed E-state index contributed by atoms with van der Waals surface area (Å²) < 4.78 is 44.5. The fraction of sp³-hybridized carbons (Fsp3) is 0.111. The standard InChI is InChI=1S/C18H12BrClF3NO3/c19-12-4-1-11(2-5-12)3-8-17(26)27-10-16(25)24-15-7-6-13(20)9-14(15)18(21,22)23/h1-9H,10H2,(H,24,25)/b8-3+. The highest BCUT2D eigenvalue weighted by atomic mass is 79.9. The minimum absolute atomic E-state index is 0.121. The Kier molecular flexibility index (Phi) is 7.04. The Balaban J connectivity index is 1.93. The SMILES string of the molecule is O=C(COC(=O)/C=C/c1ccc(Br)cc1)Nc1ccc(Cl)cc1C(F)(F)F.